The van der Waals surface area contributed by atoms with Crippen LogP contribution in [0.2, 0.25) is 0 Å². The number of aromatic nitrogens is 1. The second kappa shape index (κ2) is 7.90. The number of fused-ring (bicyclic) bond motifs is 1. The Morgan fingerprint density at radius 2 is 2.14 bits per heavy atom. The van der Waals surface area contributed by atoms with E-state index in [2.05, 4.69) is 4.98 Å². The van der Waals surface area contributed by atoms with Crippen LogP contribution in [0.5, 0.6) is 0 Å². The number of furan rings is 1. The summed E-state index contributed by atoms with van der Waals surface area (Å²) in [5.41, 5.74) is 2.00. The molecule has 2 amide bonds. The molecule has 0 bridgehead atoms. The van der Waals surface area contributed by atoms with E-state index < -0.39 is 6.04 Å². The van der Waals surface area contributed by atoms with Gasteiger partial charge in [0.05, 0.1) is 19.4 Å². The van der Waals surface area contributed by atoms with E-state index in [9.17, 15) is 14.7 Å². The van der Waals surface area contributed by atoms with Crippen LogP contribution in [0.15, 0.2) is 53.3 Å². The number of rotatable bonds is 7. The molecule has 1 fully saturated rings. The number of aliphatic hydroxyl groups is 1. The van der Waals surface area contributed by atoms with Crippen LogP contribution in [-0.4, -0.2) is 50.9 Å². The summed E-state index contributed by atoms with van der Waals surface area (Å²) < 4.78 is 5.34. The normalized spacial score (nSPS) is 16.8. The van der Waals surface area contributed by atoms with Crippen molar-refractivity contribution in [2.24, 2.45) is 0 Å². The number of benzene rings is 1. The highest BCUT2D eigenvalue weighted by Gasteiger charge is 2.38. The number of amides is 2. The van der Waals surface area contributed by atoms with Gasteiger partial charge >= 0.3 is 0 Å². The Balaban J connectivity index is 1.55. The van der Waals surface area contributed by atoms with Crippen LogP contribution in [0.25, 0.3) is 10.9 Å². The van der Waals surface area contributed by atoms with Crippen molar-refractivity contribution in [1.29, 1.82) is 0 Å². The largest absolute Gasteiger partial charge is 0.467 e. The van der Waals surface area contributed by atoms with E-state index in [0.29, 0.717) is 25.1 Å². The fourth-order valence-electron chi connectivity index (χ4n) is 3.82. The Morgan fingerprint density at radius 3 is 2.93 bits per heavy atom. The Morgan fingerprint density at radius 1 is 1.29 bits per heavy atom. The quantitative estimate of drug-likeness (QED) is 0.657. The summed E-state index contributed by atoms with van der Waals surface area (Å²) >= 11 is 0. The minimum Gasteiger partial charge on any atom is -0.467 e. The third kappa shape index (κ3) is 3.53. The number of carbonyl (C=O) groups excluding carboxylic acids is 2. The van der Waals surface area contributed by atoms with Gasteiger partial charge in [0.25, 0.3) is 0 Å². The van der Waals surface area contributed by atoms with E-state index in [1.807, 2.05) is 30.5 Å². The number of para-hydroxylation sites is 1. The van der Waals surface area contributed by atoms with Gasteiger partial charge in [0, 0.05) is 36.6 Å². The molecule has 1 aromatic carbocycles. The standard InChI is InChI=1S/C21H23N3O4/c25-10-9-23(14-16-4-3-11-28-16)21(27)19-7-8-20(26)24(19)13-15-12-22-18-6-2-1-5-17(15)18/h1-6,11-12,19,22,25H,7-10,13-14H2. The van der Waals surface area contributed by atoms with Crippen molar-refractivity contribution < 1.29 is 19.1 Å². The first-order valence-corrected chi connectivity index (χ1v) is 9.44. The number of nitrogens with one attached hydrogen (secondary N) is 1. The number of hydrogen-bond acceptors (Lipinski definition) is 4. The van der Waals surface area contributed by atoms with Crippen molar-refractivity contribution in [2.45, 2.75) is 32.0 Å². The zero-order valence-electron chi connectivity index (χ0n) is 15.5. The second-order valence-corrected chi connectivity index (χ2v) is 7.00. The SMILES string of the molecule is O=C(C1CCC(=O)N1Cc1c[nH]c2ccccc12)N(CCO)Cc1ccco1. The molecular weight excluding hydrogens is 358 g/mol. The van der Waals surface area contributed by atoms with E-state index in [-0.39, 0.29) is 31.5 Å². The lowest BCUT2D eigenvalue weighted by Crippen LogP contribution is -2.47. The van der Waals surface area contributed by atoms with Crippen LogP contribution < -0.4 is 0 Å². The summed E-state index contributed by atoms with van der Waals surface area (Å²) in [6.45, 7) is 0.714. The molecule has 1 atom stereocenters. The van der Waals surface area contributed by atoms with E-state index in [4.69, 9.17) is 4.42 Å². The molecule has 0 aliphatic carbocycles. The van der Waals surface area contributed by atoms with Gasteiger partial charge in [0.2, 0.25) is 11.8 Å². The first-order chi connectivity index (χ1) is 13.7. The molecular formula is C21H23N3O4. The smallest absolute Gasteiger partial charge is 0.245 e. The Labute approximate surface area is 162 Å². The van der Waals surface area contributed by atoms with Crippen LogP contribution in [0.3, 0.4) is 0 Å². The molecule has 2 N–H and O–H groups in total. The monoisotopic (exact) mass is 381 g/mol. The molecule has 1 saturated heterocycles. The molecule has 1 aliphatic heterocycles. The molecule has 3 aromatic rings. The van der Waals surface area contributed by atoms with Crippen LogP contribution in [0.4, 0.5) is 0 Å². The summed E-state index contributed by atoms with van der Waals surface area (Å²) in [4.78, 5) is 32.1. The molecule has 0 saturated carbocycles. The highest BCUT2D eigenvalue weighted by atomic mass is 16.3. The van der Waals surface area contributed by atoms with Gasteiger partial charge in [-0.3, -0.25) is 9.59 Å². The highest BCUT2D eigenvalue weighted by Crippen LogP contribution is 2.27. The van der Waals surface area contributed by atoms with Gasteiger partial charge < -0.3 is 24.3 Å². The first kappa shape index (κ1) is 18.3. The van der Waals surface area contributed by atoms with E-state index >= 15 is 0 Å². The lowest BCUT2D eigenvalue weighted by Gasteiger charge is -2.29. The molecule has 146 valence electrons. The predicted octanol–water partition coefficient (Wildman–Crippen LogP) is 2.27. The zero-order valence-corrected chi connectivity index (χ0v) is 15.5. The van der Waals surface area contributed by atoms with Crippen molar-refractivity contribution >= 4 is 22.7 Å². The van der Waals surface area contributed by atoms with E-state index in [1.165, 1.54) is 0 Å². The van der Waals surface area contributed by atoms with Gasteiger partial charge in [-0.2, -0.15) is 0 Å². The fourth-order valence-corrected chi connectivity index (χ4v) is 3.82. The third-order valence-electron chi connectivity index (χ3n) is 5.24. The topological polar surface area (TPSA) is 89.8 Å². The predicted molar refractivity (Wildman–Crippen MR) is 103 cm³/mol. The number of H-pyrrole nitrogens is 1. The molecule has 2 aromatic heterocycles. The Hall–Kier alpha value is -3.06. The molecule has 4 rings (SSSR count). The number of hydrogen-bond donors (Lipinski definition) is 2. The molecule has 3 heterocycles. The van der Waals surface area contributed by atoms with Gasteiger partial charge in [0.1, 0.15) is 11.8 Å². The van der Waals surface area contributed by atoms with Crippen molar-refractivity contribution in [2.75, 3.05) is 13.2 Å². The van der Waals surface area contributed by atoms with Crippen LogP contribution in [0, 0.1) is 0 Å². The average molecular weight is 381 g/mol. The first-order valence-electron chi connectivity index (χ1n) is 9.44. The Bertz CT molecular complexity index is 963. The van der Waals surface area contributed by atoms with Gasteiger partial charge in [-0.15, -0.1) is 0 Å². The second-order valence-electron chi connectivity index (χ2n) is 7.00. The zero-order chi connectivity index (χ0) is 19.5. The maximum Gasteiger partial charge on any atom is 0.245 e. The Kier molecular flexibility index (Phi) is 5.16. The number of aliphatic hydroxyl groups excluding tert-OH is 1. The van der Waals surface area contributed by atoms with Crippen LogP contribution >= 0.6 is 0 Å². The lowest BCUT2D eigenvalue weighted by molar-refractivity contribution is -0.142. The number of aromatic amines is 1. The average Bonchev–Trinajstić information content (AvgIpc) is 3.43. The van der Waals surface area contributed by atoms with Crippen LogP contribution in [-0.2, 0) is 22.7 Å². The molecule has 0 spiro atoms. The molecule has 7 heteroatoms. The maximum absolute atomic E-state index is 13.2. The number of carbonyl (C=O) groups is 2. The highest BCUT2D eigenvalue weighted by molar-refractivity contribution is 5.91. The van der Waals surface area contributed by atoms with Gasteiger partial charge in [0.15, 0.2) is 0 Å². The summed E-state index contributed by atoms with van der Waals surface area (Å²) in [7, 11) is 0. The summed E-state index contributed by atoms with van der Waals surface area (Å²) in [5, 5.41) is 10.4. The minimum absolute atomic E-state index is 0.0226. The molecule has 28 heavy (non-hydrogen) atoms. The maximum atomic E-state index is 13.2. The summed E-state index contributed by atoms with van der Waals surface area (Å²) in [6.07, 6.45) is 4.29. The molecule has 7 nitrogen and oxygen atoms in total. The van der Waals surface area contributed by atoms with Gasteiger partial charge in [-0.25, -0.2) is 0 Å². The van der Waals surface area contributed by atoms with Crippen molar-refractivity contribution in [3.8, 4) is 0 Å². The van der Waals surface area contributed by atoms with Gasteiger partial charge in [-0.1, -0.05) is 18.2 Å². The number of nitrogens with zero attached hydrogens (tertiary/aromatic N) is 2. The van der Waals surface area contributed by atoms with E-state index in [0.717, 1.165) is 16.5 Å². The lowest BCUT2D eigenvalue weighted by atomic mass is 10.1. The number of likely N-dealkylation sites (tertiary alicyclic amines) is 1. The van der Waals surface area contributed by atoms with Crippen molar-refractivity contribution in [3.05, 3.63) is 60.2 Å². The van der Waals surface area contributed by atoms with Gasteiger partial charge in [-0.05, 0) is 30.2 Å². The third-order valence-corrected chi connectivity index (χ3v) is 5.24. The molecule has 0 radical (unpaired) electrons. The molecule has 1 aliphatic rings. The van der Waals surface area contributed by atoms with Crippen LogP contribution in [0.1, 0.15) is 24.2 Å². The minimum atomic E-state index is -0.525. The fraction of sp³-hybridized carbons (Fsp3) is 0.333. The molecule has 1 unspecified atom stereocenters. The van der Waals surface area contributed by atoms with Crippen molar-refractivity contribution in [3.63, 3.8) is 0 Å². The van der Waals surface area contributed by atoms with Crippen molar-refractivity contribution in [1.82, 2.24) is 14.8 Å². The summed E-state index contributed by atoms with van der Waals surface area (Å²) in [6, 6.07) is 10.9. The summed E-state index contributed by atoms with van der Waals surface area (Å²) in [5.74, 6) is 0.469. The van der Waals surface area contributed by atoms with E-state index in [1.54, 1.807) is 28.2 Å².